The first-order chi connectivity index (χ1) is 9.49. The summed E-state index contributed by atoms with van der Waals surface area (Å²) >= 11 is 5.74. The Morgan fingerprint density at radius 2 is 1.85 bits per heavy atom. The Labute approximate surface area is 119 Å². The molecule has 0 unspecified atom stereocenters. The molecule has 0 aliphatic heterocycles. The SMILES string of the molecule is FC(F)(F)c1ccc(NCc2cccc(CCl)c2)nc1. The van der Waals surface area contributed by atoms with Crippen LogP contribution in [0.1, 0.15) is 16.7 Å². The molecule has 0 saturated heterocycles. The van der Waals surface area contributed by atoms with Gasteiger partial charge in [-0.3, -0.25) is 0 Å². The normalized spacial score (nSPS) is 11.4. The largest absolute Gasteiger partial charge is 0.417 e. The highest BCUT2D eigenvalue weighted by molar-refractivity contribution is 6.17. The minimum absolute atomic E-state index is 0.397. The second kappa shape index (κ2) is 6.13. The summed E-state index contributed by atoms with van der Waals surface area (Å²) in [4.78, 5) is 3.75. The van der Waals surface area contributed by atoms with Gasteiger partial charge in [-0.05, 0) is 23.3 Å². The number of benzene rings is 1. The van der Waals surface area contributed by atoms with E-state index in [1.807, 2.05) is 24.3 Å². The summed E-state index contributed by atoms with van der Waals surface area (Å²) in [6.07, 6.45) is -3.54. The number of nitrogens with zero attached hydrogens (tertiary/aromatic N) is 1. The third-order valence-electron chi connectivity index (χ3n) is 2.71. The van der Waals surface area contributed by atoms with E-state index in [0.717, 1.165) is 23.4 Å². The molecular weight excluding hydrogens is 289 g/mol. The van der Waals surface area contributed by atoms with Gasteiger partial charge in [-0.1, -0.05) is 24.3 Å². The van der Waals surface area contributed by atoms with E-state index in [-0.39, 0.29) is 0 Å². The van der Waals surface area contributed by atoms with Crippen molar-refractivity contribution in [3.05, 3.63) is 59.3 Å². The van der Waals surface area contributed by atoms with Crippen molar-refractivity contribution < 1.29 is 13.2 Å². The zero-order chi connectivity index (χ0) is 14.6. The van der Waals surface area contributed by atoms with E-state index in [1.54, 1.807) is 0 Å². The molecule has 0 fully saturated rings. The molecule has 2 nitrogen and oxygen atoms in total. The van der Waals surface area contributed by atoms with Gasteiger partial charge in [-0.15, -0.1) is 11.6 Å². The standard InChI is InChI=1S/C14H12ClF3N2/c15-7-10-2-1-3-11(6-10)8-19-13-5-4-12(9-20-13)14(16,17)18/h1-6,9H,7-8H2,(H,19,20). The first-order valence-electron chi connectivity index (χ1n) is 5.90. The van der Waals surface area contributed by atoms with Gasteiger partial charge in [0.1, 0.15) is 5.82 Å². The van der Waals surface area contributed by atoms with Gasteiger partial charge >= 0.3 is 6.18 Å². The summed E-state index contributed by atoms with van der Waals surface area (Å²) in [5.74, 6) is 0.820. The Morgan fingerprint density at radius 3 is 2.45 bits per heavy atom. The Kier molecular flexibility index (Phi) is 4.49. The molecule has 0 saturated carbocycles. The molecule has 0 atom stereocenters. The highest BCUT2D eigenvalue weighted by Gasteiger charge is 2.30. The second-order valence-electron chi connectivity index (χ2n) is 4.24. The topological polar surface area (TPSA) is 24.9 Å². The molecule has 2 aromatic rings. The molecule has 6 heteroatoms. The third-order valence-corrected chi connectivity index (χ3v) is 3.02. The smallest absolute Gasteiger partial charge is 0.366 e. The molecule has 0 aliphatic rings. The number of hydrogen-bond acceptors (Lipinski definition) is 2. The van der Waals surface area contributed by atoms with Crippen LogP contribution in [-0.2, 0) is 18.6 Å². The summed E-state index contributed by atoms with van der Waals surface area (Å²) in [7, 11) is 0. The van der Waals surface area contributed by atoms with Crippen LogP contribution in [0, 0.1) is 0 Å². The van der Waals surface area contributed by atoms with Crippen LogP contribution in [-0.4, -0.2) is 4.98 Å². The fourth-order valence-electron chi connectivity index (χ4n) is 1.68. The maximum Gasteiger partial charge on any atom is 0.417 e. The average Bonchev–Trinajstić information content (AvgIpc) is 2.45. The molecule has 20 heavy (non-hydrogen) atoms. The quantitative estimate of drug-likeness (QED) is 0.844. The minimum atomic E-state index is -4.36. The van der Waals surface area contributed by atoms with Crippen molar-refractivity contribution >= 4 is 17.4 Å². The number of nitrogens with one attached hydrogen (secondary N) is 1. The van der Waals surface area contributed by atoms with Crippen molar-refractivity contribution in [3.8, 4) is 0 Å². The van der Waals surface area contributed by atoms with Gasteiger partial charge < -0.3 is 5.32 Å². The van der Waals surface area contributed by atoms with Crippen molar-refractivity contribution in [1.29, 1.82) is 0 Å². The fraction of sp³-hybridized carbons (Fsp3) is 0.214. The number of anilines is 1. The van der Waals surface area contributed by atoms with Gasteiger partial charge in [-0.2, -0.15) is 13.2 Å². The second-order valence-corrected chi connectivity index (χ2v) is 4.50. The van der Waals surface area contributed by atoms with Crippen molar-refractivity contribution in [2.45, 2.75) is 18.6 Å². The predicted octanol–water partition coefficient (Wildman–Crippen LogP) is 4.45. The number of pyridine rings is 1. The van der Waals surface area contributed by atoms with Crippen LogP contribution in [0.2, 0.25) is 0 Å². The van der Waals surface area contributed by atoms with E-state index in [0.29, 0.717) is 18.2 Å². The molecule has 0 amide bonds. The van der Waals surface area contributed by atoms with Gasteiger partial charge in [0, 0.05) is 18.6 Å². The summed E-state index contributed by atoms with van der Waals surface area (Å²) in [5.41, 5.74) is 1.23. The van der Waals surface area contributed by atoms with E-state index in [9.17, 15) is 13.2 Å². The number of hydrogen-bond donors (Lipinski definition) is 1. The molecule has 1 N–H and O–H groups in total. The van der Waals surface area contributed by atoms with E-state index in [4.69, 9.17) is 11.6 Å². The van der Waals surface area contributed by atoms with Crippen LogP contribution in [0.3, 0.4) is 0 Å². The fourth-order valence-corrected chi connectivity index (χ4v) is 1.85. The molecule has 0 spiro atoms. The van der Waals surface area contributed by atoms with Gasteiger partial charge in [0.2, 0.25) is 0 Å². The van der Waals surface area contributed by atoms with Gasteiger partial charge in [0.25, 0.3) is 0 Å². The summed E-state index contributed by atoms with van der Waals surface area (Å²) in [6, 6.07) is 9.96. The van der Waals surface area contributed by atoms with Crippen LogP contribution < -0.4 is 5.32 Å². The zero-order valence-electron chi connectivity index (χ0n) is 10.4. The number of aromatic nitrogens is 1. The Bertz CT molecular complexity index is 567. The van der Waals surface area contributed by atoms with E-state index < -0.39 is 11.7 Å². The number of halogens is 4. The van der Waals surface area contributed by atoms with Crippen molar-refractivity contribution in [2.24, 2.45) is 0 Å². The maximum atomic E-state index is 12.4. The average molecular weight is 301 g/mol. The highest BCUT2D eigenvalue weighted by atomic mass is 35.5. The highest BCUT2D eigenvalue weighted by Crippen LogP contribution is 2.28. The predicted molar refractivity (Wildman–Crippen MR) is 72.6 cm³/mol. The molecule has 0 radical (unpaired) electrons. The van der Waals surface area contributed by atoms with Crippen molar-refractivity contribution in [2.75, 3.05) is 5.32 Å². The van der Waals surface area contributed by atoms with E-state index in [2.05, 4.69) is 10.3 Å². The first-order valence-corrected chi connectivity index (χ1v) is 6.43. The summed E-state index contributed by atoms with van der Waals surface area (Å²) in [6.45, 7) is 0.475. The lowest BCUT2D eigenvalue weighted by Crippen LogP contribution is -2.07. The monoisotopic (exact) mass is 300 g/mol. The molecule has 0 bridgehead atoms. The molecule has 1 aromatic heterocycles. The Balaban J connectivity index is 2.00. The molecule has 1 aromatic carbocycles. The number of rotatable bonds is 4. The molecular formula is C14H12ClF3N2. The Hall–Kier alpha value is -1.75. The van der Waals surface area contributed by atoms with Crippen LogP contribution >= 0.6 is 11.6 Å². The van der Waals surface area contributed by atoms with E-state index >= 15 is 0 Å². The maximum absolute atomic E-state index is 12.4. The lowest BCUT2D eigenvalue weighted by atomic mass is 10.1. The van der Waals surface area contributed by atoms with Crippen molar-refractivity contribution in [1.82, 2.24) is 4.98 Å². The van der Waals surface area contributed by atoms with Gasteiger partial charge in [0.05, 0.1) is 5.56 Å². The molecule has 106 valence electrons. The summed E-state index contributed by atoms with van der Waals surface area (Å²) in [5, 5.41) is 2.97. The Morgan fingerprint density at radius 1 is 1.10 bits per heavy atom. The van der Waals surface area contributed by atoms with Crippen LogP contribution in [0.5, 0.6) is 0 Å². The van der Waals surface area contributed by atoms with Gasteiger partial charge in [-0.25, -0.2) is 4.98 Å². The summed E-state index contributed by atoms with van der Waals surface area (Å²) < 4.78 is 37.1. The molecule has 0 aliphatic carbocycles. The lowest BCUT2D eigenvalue weighted by molar-refractivity contribution is -0.137. The third kappa shape index (κ3) is 3.87. The van der Waals surface area contributed by atoms with Crippen LogP contribution in [0.25, 0.3) is 0 Å². The minimum Gasteiger partial charge on any atom is -0.366 e. The van der Waals surface area contributed by atoms with Crippen molar-refractivity contribution in [3.63, 3.8) is 0 Å². The lowest BCUT2D eigenvalue weighted by Gasteiger charge is -2.09. The number of alkyl halides is 4. The first kappa shape index (κ1) is 14.7. The zero-order valence-corrected chi connectivity index (χ0v) is 11.2. The van der Waals surface area contributed by atoms with Gasteiger partial charge in [0.15, 0.2) is 0 Å². The molecule has 1 heterocycles. The molecule has 2 rings (SSSR count). The van der Waals surface area contributed by atoms with Crippen LogP contribution in [0.15, 0.2) is 42.6 Å². The van der Waals surface area contributed by atoms with E-state index in [1.165, 1.54) is 6.07 Å². The van der Waals surface area contributed by atoms with Crippen LogP contribution in [0.4, 0.5) is 19.0 Å².